The van der Waals surface area contributed by atoms with Crippen LogP contribution in [0.15, 0.2) is 36.7 Å². The summed E-state index contributed by atoms with van der Waals surface area (Å²) in [5.41, 5.74) is 8.81. The van der Waals surface area contributed by atoms with E-state index in [1.807, 2.05) is 18.2 Å². The fraction of sp³-hybridized carbons (Fsp3) is 0.176. The highest BCUT2D eigenvalue weighted by Crippen LogP contribution is 2.27. The van der Waals surface area contributed by atoms with Crippen LogP contribution in [0.5, 0.6) is 0 Å². The summed E-state index contributed by atoms with van der Waals surface area (Å²) in [5, 5.41) is 22.1. The minimum atomic E-state index is -0.128. The van der Waals surface area contributed by atoms with Crippen LogP contribution in [0.1, 0.15) is 5.56 Å². The van der Waals surface area contributed by atoms with E-state index in [9.17, 15) is 0 Å². The molecule has 0 aliphatic rings. The van der Waals surface area contributed by atoms with Crippen LogP contribution in [-0.4, -0.2) is 38.0 Å². The minimum absolute atomic E-state index is 0.128. The lowest BCUT2D eigenvalue weighted by molar-refractivity contribution is 0.698. The predicted molar refractivity (Wildman–Crippen MR) is 109 cm³/mol. The Balaban J connectivity index is 1.38. The molecule has 4 rings (SSSR count). The lowest BCUT2D eigenvalue weighted by Crippen LogP contribution is -2.31. The molecule has 3 heterocycles. The highest BCUT2D eigenvalue weighted by molar-refractivity contribution is 7.18. The Morgan fingerprint density at radius 1 is 1.19 bits per heavy atom. The van der Waals surface area contributed by atoms with Crippen LogP contribution in [0, 0.1) is 0 Å². The summed E-state index contributed by atoms with van der Waals surface area (Å²) < 4.78 is 0. The molecule has 27 heavy (non-hydrogen) atoms. The number of nitrogens with one attached hydrogen (secondary N) is 2. The number of benzene rings is 1. The van der Waals surface area contributed by atoms with Crippen LogP contribution in [0.4, 0.5) is 5.13 Å². The Morgan fingerprint density at radius 2 is 2.07 bits per heavy atom. The fourth-order valence-electron chi connectivity index (χ4n) is 2.62. The van der Waals surface area contributed by atoms with Gasteiger partial charge in [0.1, 0.15) is 5.69 Å². The van der Waals surface area contributed by atoms with Gasteiger partial charge in [0.2, 0.25) is 5.13 Å². The summed E-state index contributed by atoms with van der Waals surface area (Å²) in [6, 6.07) is 7.22. The van der Waals surface area contributed by atoms with Gasteiger partial charge in [-0.1, -0.05) is 40.6 Å². The maximum atomic E-state index is 6.21. The topological polar surface area (TPSA) is 105 Å². The summed E-state index contributed by atoms with van der Waals surface area (Å²) >= 11 is 13.5. The minimum Gasteiger partial charge on any atom is -0.359 e. The van der Waals surface area contributed by atoms with Crippen molar-refractivity contribution in [3.05, 3.63) is 52.3 Å². The van der Waals surface area contributed by atoms with Crippen molar-refractivity contribution in [2.24, 2.45) is 5.73 Å². The Hall–Kier alpha value is -2.26. The average Bonchev–Trinajstić information content (AvgIpc) is 3.30. The highest BCUT2D eigenvalue weighted by Gasteiger charge is 2.12. The van der Waals surface area contributed by atoms with E-state index in [0.29, 0.717) is 28.1 Å². The van der Waals surface area contributed by atoms with Crippen molar-refractivity contribution in [1.29, 1.82) is 0 Å². The Kier molecular flexibility index (Phi) is 5.22. The second-order valence-corrected chi connectivity index (χ2v) is 7.84. The quantitative estimate of drug-likeness (QED) is 0.439. The molecule has 0 fully saturated rings. The number of nitrogens with zero attached hydrogens (tertiary/aromatic N) is 4. The first-order valence-corrected chi connectivity index (χ1v) is 9.72. The van der Waals surface area contributed by atoms with E-state index in [1.165, 1.54) is 11.3 Å². The zero-order valence-corrected chi connectivity index (χ0v) is 16.3. The SMILES string of the molecule is N[C@H](CNc1nnc(-c2cc3cn[nH]c3cn2)s1)Cc1ccc(Cl)cc1Cl. The van der Waals surface area contributed by atoms with Crippen LogP contribution in [0.2, 0.25) is 10.0 Å². The molecule has 0 aliphatic heterocycles. The molecule has 0 saturated heterocycles. The summed E-state index contributed by atoms with van der Waals surface area (Å²) in [7, 11) is 0. The smallest absolute Gasteiger partial charge is 0.206 e. The number of fused-ring (bicyclic) bond motifs is 1. The molecule has 7 nitrogen and oxygen atoms in total. The third kappa shape index (κ3) is 4.19. The van der Waals surface area contributed by atoms with E-state index < -0.39 is 0 Å². The van der Waals surface area contributed by atoms with Gasteiger partial charge >= 0.3 is 0 Å². The number of pyridine rings is 1. The highest BCUT2D eigenvalue weighted by atomic mass is 35.5. The number of halogens is 2. The molecule has 0 aliphatic carbocycles. The van der Waals surface area contributed by atoms with Gasteiger partial charge in [0.05, 0.1) is 17.9 Å². The Bertz CT molecular complexity index is 1080. The molecule has 138 valence electrons. The van der Waals surface area contributed by atoms with Gasteiger partial charge in [0.15, 0.2) is 5.01 Å². The van der Waals surface area contributed by atoms with E-state index >= 15 is 0 Å². The molecule has 1 atom stereocenters. The van der Waals surface area contributed by atoms with E-state index in [-0.39, 0.29) is 6.04 Å². The number of hydrogen-bond donors (Lipinski definition) is 3. The zero-order valence-electron chi connectivity index (χ0n) is 14.0. The fourth-order valence-corrected chi connectivity index (χ4v) is 3.82. The third-order valence-corrected chi connectivity index (χ3v) is 5.47. The summed E-state index contributed by atoms with van der Waals surface area (Å²) in [6.45, 7) is 0.543. The van der Waals surface area contributed by atoms with Crippen LogP contribution in [0.25, 0.3) is 21.6 Å². The third-order valence-electron chi connectivity index (χ3n) is 3.98. The first-order valence-electron chi connectivity index (χ1n) is 8.15. The van der Waals surface area contributed by atoms with Crippen molar-refractivity contribution in [1.82, 2.24) is 25.4 Å². The first kappa shape index (κ1) is 18.1. The van der Waals surface area contributed by atoms with Crippen LogP contribution < -0.4 is 11.1 Å². The van der Waals surface area contributed by atoms with Crippen LogP contribution in [0.3, 0.4) is 0 Å². The Labute approximate surface area is 168 Å². The van der Waals surface area contributed by atoms with Gasteiger partial charge in [0.25, 0.3) is 0 Å². The van der Waals surface area contributed by atoms with E-state index in [2.05, 4.69) is 30.7 Å². The summed E-state index contributed by atoms with van der Waals surface area (Å²) in [6.07, 6.45) is 4.12. The standard InChI is InChI=1S/C17H15Cl2N7S/c18-11-2-1-9(13(19)5-11)3-12(20)7-22-17-26-25-16(27-17)14-4-10-6-23-24-15(10)8-21-14/h1-2,4-6,8,12H,3,7,20H2,(H,22,26)(H,23,24)/t12-/m0/s1. The van der Waals surface area contributed by atoms with Gasteiger partial charge < -0.3 is 11.1 Å². The first-order chi connectivity index (χ1) is 13.1. The largest absolute Gasteiger partial charge is 0.359 e. The van der Waals surface area contributed by atoms with Crippen molar-refractivity contribution < 1.29 is 0 Å². The molecule has 0 amide bonds. The number of anilines is 1. The number of nitrogens with two attached hydrogens (primary N) is 1. The molecule has 0 spiro atoms. The summed E-state index contributed by atoms with van der Waals surface area (Å²) in [4.78, 5) is 4.39. The lowest BCUT2D eigenvalue weighted by atomic mass is 10.1. The number of hydrogen-bond acceptors (Lipinski definition) is 7. The summed E-state index contributed by atoms with van der Waals surface area (Å²) in [5.74, 6) is 0. The number of aromatic nitrogens is 5. The van der Waals surface area contributed by atoms with Crippen LogP contribution in [-0.2, 0) is 6.42 Å². The molecule has 10 heteroatoms. The normalized spacial score (nSPS) is 12.4. The molecule has 0 bridgehead atoms. The van der Waals surface area contributed by atoms with E-state index in [4.69, 9.17) is 28.9 Å². The van der Waals surface area contributed by atoms with Crippen molar-refractivity contribution in [2.45, 2.75) is 12.5 Å². The van der Waals surface area contributed by atoms with Gasteiger partial charge in [-0.05, 0) is 30.2 Å². The number of H-pyrrole nitrogens is 1. The van der Waals surface area contributed by atoms with Crippen LogP contribution >= 0.6 is 34.5 Å². The molecule has 0 saturated carbocycles. The van der Waals surface area contributed by atoms with Crippen molar-refractivity contribution >= 4 is 50.6 Å². The maximum Gasteiger partial charge on any atom is 0.206 e. The van der Waals surface area contributed by atoms with Crippen molar-refractivity contribution in [3.63, 3.8) is 0 Å². The Morgan fingerprint density at radius 3 is 2.93 bits per heavy atom. The lowest BCUT2D eigenvalue weighted by Gasteiger charge is -2.13. The monoisotopic (exact) mass is 419 g/mol. The molecule has 4 N–H and O–H groups in total. The van der Waals surface area contributed by atoms with Gasteiger partial charge in [-0.15, -0.1) is 10.2 Å². The van der Waals surface area contributed by atoms with Gasteiger partial charge in [-0.25, -0.2) is 0 Å². The van der Waals surface area contributed by atoms with Crippen molar-refractivity contribution in [2.75, 3.05) is 11.9 Å². The second kappa shape index (κ2) is 7.77. The average molecular weight is 420 g/mol. The molecule has 0 radical (unpaired) electrons. The molecule has 1 aromatic carbocycles. The molecule has 0 unspecified atom stereocenters. The molecule has 3 aromatic heterocycles. The molecular formula is C17H15Cl2N7S. The van der Waals surface area contributed by atoms with Gasteiger partial charge in [-0.2, -0.15) is 5.10 Å². The second-order valence-electron chi connectivity index (χ2n) is 6.02. The molecular weight excluding hydrogens is 405 g/mol. The number of aromatic amines is 1. The van der Waals surface area contributed by atoms with Crippen molar-refractivity contribution in [3.8, 4) is 10.7 Å². The predicted octanol–water partition coefficient (Wildman–Crippen LogP) is 3.77. The van der Waals surface area contributed by atoms with Gasteiger partial charge in [-0.3, -0.25) is 10.1 Å². The maximum absolute atomic E-state index is 6.21. The van der Waals surface area contributed by atoms with E-state index in [0.717, 1.165) is 27.2 Å². The molecule has 4 aromatic rings. The number of rotatable bonds is 6. The van der Waals surface area contributed by atoms with E-state index in [1.54, 1.807) is 18.5 Å². The zero-order chi connectivity index (χ0) is 18.8. The van der Waals surface area contributed by atoms with Gasteiger partial charge in [0, 0.05) is 28.0 Å².